The molecule has 0 aliphatic heterocycles. The van der Waals surface area contributed by atoms with E-state index in [1.54, 1.807) is 17.5 Å². The number of nitrogens with one attached hydrogen (secondary N) is 1. The van der Waals surface area contributed by atoms with Crippen molar-refractivity contribution in [3.05, 3.63) is 16.6 Å². The second-order valence-corrected chi connectivity index (χ2v) is 9.38. The van der Waals surface area contributed by atoms with Crippen LogP contribution in [0.5, 0.6) is 0 Å². The van der Waals surface area contributed by atoms with Gasteiger partial charge in [-0.2, -0.15) is 0 Å². The first-order valence-corrected chi connectivity index (χ1v) is 10.4. The Morgan fingerprint density at radius 1 is 1.43 bits per heavy atom. The van der Waals surface area contributed by atoms with Gasteiger partial charge in [0.1, 0.15) is 0 Å². The Morgan fingerprint density at radius 3 is 2.95 bits per heavy atom. The summed E-state index contributed by atoms with van der Waals surface area (Å²) in [6.45, 7) is 2.47. The lowest BCUT2D eigenvalue weighted by Gasteiger charge is -2.47. The molecule has 1 heterocycles. The summed E-state index contributed by atoms with van der Waals surface area (Å²) in [6.07, 6.45) is 8.06. The molecule has 1 aromatic rings. The third-order valence-corrected chi connectivity index (χ3v) is 7.58. The predicted octanol–water partition coefficient (Wildman–Crippen LogP) is 2.99. The Bertz CT molecular complexity index is 556. The summed E-state index contributed by atoms with van der Waals surface area (Å²) >= 11 is 1.58. The van der Waals surface area contributed by atoms with E-state index in [-0.39, 0.29) is 5.92 Å². The molecule has 4 nitrogen and oxygen atoms in total. The number of aromatic nitrogens is 1. The minimum atomic E-state index is -3.15. The second-order valence-electron chi connectivity index (χ2n) is 6.61. The van der Waals surface area contributed by atoms with Crippen molar-refractivity contribution in [3.63, 3.8) is 0 Å². The third kappa shape index (κ3) is 3.66. The number of rotatable bonds is 6. The zero-order chi connectivity index (χ0) is 14.9. The average molecular weight is 329 g/mol. The standard InChI is InChI=1S/C15H24N2O2S2/c1-11(15-16-6-7-20-15)9-17-21(18,19)10-13-8-12-4-2-3-5-14(12)13/h6-7,11-14,17H,2-5,8-10H2,1H3/t11?,12-,13-,14-/m0/s1. The molecule has 6 heteroatoms. The minimum Gasteiger partial charge on any atom is -0.249 e. The van der Waals surface area contributed by atoms with Gasteiger partial charge in [0, 0.05) is 24.0 Å². The van der Waals surface area contributed by atoms with E-state index in [2.05, 4.69) is 9.71 Å². The highest BCUT2D eigenvalue weighted by Crippen LogP contribution is 2.49. The third-order valence-electron chi connectivity index (χ3n) is 5.09. The molecule has 0 aromatic carbocycles. The summed E-state index contributed by atoms with van der Waals surface area (Å²) in [4.78, 5) is 4.24. The molecule has 2 aliphatic carbocycles. The molecule has 3 rings (SSSR count). The van der Waals surface area contributed by atoms with Crippen LogP contribution in [0.1, 0.15) is 50.0 Å². The van der Waals surface area contributed by atoms with Crippen LogP contribution in [0.25, 0.3) is 0 Å². The number of hydrogen-bond acceptors (Lipinski definition) is 4. The largest absolute Gasteiger partial charge is 0.249 e. The highest BCUT2D eigenvalue weighted by Gasteiger charge is 2.43. The first-order valence-electron chi connectivity index (χ1n) is 7.92. The van der Waals surface area contributed by atoms with Crippen LogP contribution in [0.2, 0.25) is 0 Å². The van der Waals surface area contributed by atoms with Crippen LogP contribution in [-0.2, 0) is 10.0 Å². The second kappa shape index (κ2) is 6.34. The van der Waals surface area contributed by atoms with E-state index in [0.29, 0.717) is 24.1 Å². The van der Waals surface area contributed by atoms with Crippen LogP contribution in [-0.4, -0.2) is 25.7 Å². The molecule has 21 heavy (non-hydrogen) atoms. The summed E-state index contributed by atoms with van der Waals surface area (Å²) in [6, 6.07) is 0. The maximum Gasteiger partial charge on any atom is 0.211 e. The van der Waals surface area contributed by atoms with Crippen LogP contribution in [0.3, 0.4) is 0 Å². The molecule has 0 spiro atoms. The van der Waals surface area contributed by atoms with Crippen LogP contribution in [0.4, 0.5) is 0 Å². The van der Waals surface area contributed by atoms with E-state index in [1.807, 2.05) is 12.3 Å². The summed E-state index contributed by atoms with van der Waals surface area (Å²) < 4.78 is 27.3. The Kier molecular flexibility index (Phi) is 4.66. The Morgan fingerprint density at radius 2 is 2.24 bits per heavy atom. The zero-order valence-electron chi connectivity index (χ0n) is 12.5. The molecule has 0 amide bonds. The van der Waals surface area contributed by atoms with Crippen molar-refractivity contribution in [2.45, 2.75) is 44.9 Å². The zero-order valence-corrected chi connectivity index (χ0v) is 14.1. The summed E-state index contributed by atoms with van der Waals surface area (Å²) in [7, 11) is -3.15. The first-order chi connectivity index (χ1) is 10.1. The van der Waals surface area contributed by atoms with Crippen molar-refractivity contribution in [1.82, 2.24) is 9.71 Å². The normalized spacial score (nSPS) is 30.4. The van der Waals surface area contributed by atoms with Crippen LogP contribution in [0.15, 0.2) is 11.6 Å². The van der Waals surface area contributed by atoms with Crippen molar-refractivity contribution < 1.29 is 8.42 Å². The average Bonchev–Trinajstić information content (AvgIpc) is 2.97. The van der Waals surface area contributed by atoms with Gasteiger partial charge in [0.2, 0.25) is 10.0 Å². The maximum absolute atomic E-state index is 12.3. The van der Waals surface area contributed by atoms with Gasteiger partial charge >= 0.3 is 0 Å². The summed E-state index contributed by atoms with van der Waals surface area (Å²) in [5.41, 5.74) is 0. The number of sulfonamides is 1. The SMILES string of the molecule is CC(CNS(=O)(=O)C[C@@H]1C[C@@H]2CCCC[C@@H]21)c1nccs1. The monoisotopic (exact) mass is 328 g/mol. The number of hydrogen-bond donors (Lipinski definition) is 1. The van der Waals surface area contributed by atoms with Gasteiger partial charge in [-0.3, -0.25) is 0 Å². The molecule has 118 valence electrons. The smallest absolute Gasteiger partial charge is 0.211 e. The highest BCUT2D eigenvalue weighted by atomic mass is 32.2. The van der Waals surface area contributed by atoms with Gasteiger partial charge < -0.3 is 0 Å². The molecule has 4 atom stereocenters. The van der Waals surface area contributed by atoms with E-state index in [9.17, 15) is 8.42 Å². The topological polar surface area (TPSA) is 59.1 Å². The molecule has 0 bridgehead atoms. The molecule has 2 fully saturated rings. The number of thiazole rings is 1. The fourth-order valence-corrected chi connectivity index (χ4v) is 6.13. The maximum atomic E-state index is 12.3. The molecular weight excluding hydrogens is 304 g/mol. The molecule has 0 radical (unpaired) electrons. The molecule has 1 unspecified atom stereocenters. The lowest BCUT2D eigenvalue weighted by atomic mass is 9.59. The Hall–Kier alpha value is -0.460. The van der Waals surface area contributed by atoms with Gasteiger partial charge in [0.25, 0.3) is 0 Å². The molecular formula is C15H24N2O2S2. The fourth-order valence-electron chi connectivity index (χ4n) is 3.87. The van der Waals surface area contributed by atoms with Gasteiger partial charge in [-0.05, 0) is 30.6 Å². The molecule has 1 N–H and O–H groups in total. The number of nitrogens with zero attached hydrogens (tertiary/aromatic N) is 1. The van der Waals surface area contributed by atoms with Gasteiger partial charge in [0.05, 0.1) is 10.8 Å². The van der Waals surface area contributed by atoms with Crippen molar-refractivity contribution in [2.24, 2.45) is 17.8 Å². The lowest BCUT2D eigenvalue weighted by molar-refractivity contribution is 0.0439. The summed E-state index contributed by atoms with van der Waals surface area (Å²) in [5, 5.41) is 2.92. The minimum absolute atomic E-state index is 0.142. The predicted molar refractivity (Wildman–Crippen MR) is 85.9 cm³/mol. The van der Waals surface area contributed by atoms with Gasteiger partial charge in [-0.25, -0.2) is 18.1 Å². The van der Waals surface area contributed by atoms with Gasteiger partial charge in [-0.1, -0.05) is 26.2 Å². The Labute approximate surface area is 131 Å². The van der Waals surface area contributed by atoms with E-state index in [4.69, 9.17) is 0 Å². The van der Waals surface area contributed by atoms with Crippen molar-refractivity contribution in [2.75, 3.05) is 12.3 Å². The van der Waals surface area contributed by atoms with Crippen LogP contribution >= 0.6 is 11.3 Å². The summed E-state index contributed by atoms with van der Waals surface area (Å²) in [5.74, 6) is 2.34. The van der Waals surface area contributed by atoms with Crippen molar-refractivity contribution >= 4 is 21.4 Å². The van der Waals surface area contributed by atoms with E-state index in [0.717, 1.165) is 17.3 Å². The molecule has 1 aromatic heterocycles. The van der Waals surface area contributed by atoms with E-state index >= 15 is 0 Å². The highest BCUT2D eigenvalue weighted by molar-refractivity contribution is 7.89. The van der Waals surface area contributed by atoms with Gasteiger partial charge in [0.15, 0.2) is 0 Å². The van der Waals surface area contributed by atoms with Crippen LogP contribution < -0.4 is 4.72 Å². The molecule has 2 aliphatic rings. The number of fused-ring (bicyclic) bond motifs is 1. The lowest BCUT2D eigenvalue weighted by Crippen LogP contribution is -2.44. The first kappa shape index (κ1) is 15.4. The van der Waals surface area contributed by atoms with E-state index < -0.39 is 10.0 Å². The quantitative estimate of drug-likeness (QED) is 0.873. The van der Waals surface area contributed by atoms with Gasteiger partial charge in [-0.15, -0.1) is 11.3 Å². The van der Waals surface area contributed by atoms with Crippen molar-refractivity contribution in [3.8, 4) is 0 Å². The van der Waals surface area contributed by atoms with E-state index in [1.165, 1.54) is 25.7 Å². The van der Waals surface area contributed by atoms with Crippen LogP contribution in [0, 0.1) is 17.8 Å². The Balaban J connectivity index is 1.48. The molecule has 2 saturated carbocycles. The van der Waals surface area contributed by atoms with Crippen molar-refractivity contribution in [1.29, 1.82) is 0 Å². The fraction of sp³-hybridized carbons (Fsp3) is 0.800. The molecule has 0 saturated heterocycles.